The summed E-state index contributed by atoms with van der Waals surface area (Å²) in [7, 11) is 0. The van der Waals surface area contributed by atoms with E-state index >= 15 is 0 Å². The summed E-state index contributed by atoms with van der Waals surface area (Å²) in [6, 6.07) is 19.8. The van der Waals surface area contributed by atoms with Crippen LogP contribution < -0.4 is 0 Å². The molecule has 1 unspecified atom stereocenters. The maximum absolute atomic E-state index is 13.8. The largest absolute Gasteiger partial charge is 0.341 e. The normalized spacial score (nSPS) is 15.8. The molecule has 2 aromatic heterocycles. The Balaban J connectivity index is 1.45. The summed E-state index contributed by atoms with van der Waals surface area (Å²) in [5.41, 5.74) is 2.88. The number of fused-ring (bicyclic) bond motifs is 1. The van der Waals surface area contributed by atoms with E-state index in [4.69, 9.17) is 12.2 Å². The molecule has 4 aromatic rings. The van der Waals surface area contributed by atoms with Crippen LogP contribution in [0.1, 0.15) is 35.9 Å². The van der Waals surface area contributed by atoms with Crippen molar-refractivity contribution in [3.05, 3.63) is 89.0 Å². The van der Waals surface area contributed by atoms with Gasteiger partial charge in [-0.25, -0.2) is 4.98 Å². The Labute approximate surface area is 185 Å². The number of carbonyl (C=O) groups is 1. The van der Waals surface area contributed by atoms with Crippen molar-refractivity contribution in [2.24, 2.45) is 0 Å². The summed E-state index contributed by atoms with van der Waals surface area (Å²) in [4.78, 5) is 20.2. The van der Waals surface area contributed by atoms with E-state index in [0.29, 0.717) is 16.2 Å². The predicted molar refractivity (Wildman–Crippen MR) is 122 cm³/mol. The van der Waals surface area contributed by atoms with Gasteiger partial charge < -0.3 is 9.47 Å². The van der Waals surface area contributed by atoms with Crippen LogP contribution in [0.25, 0.3) is 11.0 Å². The molecule has 156 valence electrons. The fraction of sp³-hybridized carbons (Fsp3) is 0.250. The van der Waals surface area contributed by atoms with Gasteiger partial charge in [0.25, 0.3) is 0 Å². The Kier molecular flexibility index (Phi) is 5.34. The minimum absolute atomic E-state index is 0.0541. The molecule has 3 heterocycles. The highest BCUT2D eigenvalue weighted by Crippen LogP contribution is 2.30. The second-order valence-corrected chi connectivity index (χ2v) is 8.30. The van der Waals surface area contributed by atoms with Crippen LogP contribution in [0.15, 0.2) is 73.2 Å². The zero-order valence-electron chi connectivity index (χ0n) is 17.0. The van der Waals surface area contributed by atoms with E-state index in [1.165, 1.54) is 5.56 Å². The molecule has 1 aliphatic rings. The smallest absolute Gasteiger partial charge is 0.250 e. The Morgan fingerprint density at radius 3 is 2.42 bits per heavy atom. The number of H-pyrrole nitrogens is 1. The molecule has 2 aromatic carbocycles. The number of aromatic amines is 1. The van der Waals surface area contributed by atoms with Crippen molar-refractivity contribution in [2.75, 3.05) is 13.1 Å². The summed E-state index contributed by atoms with van der Waals surface area (Å²) >= 11 is 5.72. The summed E-state index contributed by atoms with van der Waals surface area (Å²) in [5.74, 6) is 0.546. The fourth-order valence-electron chi connectivity index (χ4n) is 4.42. The predicted octanol–water partition coefficient (Wildman–Crippen LogP) is 4.48. The molecule has 5 rings (SSSR count). The minimum Gasteiger partial charge on any atom is -0.341 e. The second kappa shape index (κ2) is 8.43. The average molecular weight is 430 g/mol. The van der Waals surface area contributed by atoms with Gasteiger partial charge in [-0.15, -0.1) is 0 Å². The Morgan fingerprint density at radius 2 is 1.71 bits per heavy atom. The van der Waals surface area contributed by atoms with Crippen LogP contribution in [0.4, 0.5) is 0 Å². The first-order valence-corrected chi connectivity index (χ1v) is 10.9. The molecule has 1 aliphatic heterocycles. The number of likely N-dealkylation sites (tertiary alicyclic amines) is 1. The molecule has 0 saturated carbocycles. The highest BCUT2D eigenvalue weighted by molar-refractivity contribution is 7.71. The number of benzene rings is 2. The highest BCUT2D eigenvalue weighted by atomic mass is 32.1. The van der Waals surface area contributed by atoms with Gasteiger partial charge in [-0.05, 0) is 29.9 Å². The zero-order valence-corrected chi connectivity index (χ0v) is 17.8. The number of hydrogen-bond donors (Lipinski definition) is 1. The van der Waals surface area contributed by atoms with E-state index in [0.717, 1.165) is 36.9 Å². The number of nitrogens with zero attached hydrogens (tertiary/aromatic N) is 4. The van der Waals surface area contributed by atoms with Gasteiger partial charge in [-0.2, -0.15) is 5.10 Å². The lowest BCUT2D eigenvalue weighted by molar-refractivity contribution is -0.134. The van der Waals surface area contributed by atoms with Gasteiger partial charge in [0.2, 0.25) is 5.91 Å². The number of carbonyl (C=O) groups excluding carboxylic acids is 1. The number of piperidine rings is 1. The third kappa shape index (κ3) is 3.77. The molecule has 1 fully saturated rings. The standard InChI is InChI=1S/C24H23N5OS/c30-23(28-13-11-18(12-14-28)17-7-3-1-4-8-17)21(19-9-5-2-6-10-19)29-16-25-22-20(24(29)31)15-26-27-22/h1-10,15-16,18,21H,11-14H2,(H,26,27). The highest BCUT2D eigenvalue weighted by Gasteiger charge is 2.31. The average Bonchev–Trinajstić information content (AvgIpc) is 3.32. The van der Waals surface area contributed by atoms with E-state index in [-0.39, 0.29) is 5.91 Å². The van der Waals surface area contributed by atoms with Crippen molar-refractivity contribution in [1.82, 2.24) is 24.6 Å². The molecule has 0 bridgehead atoms. The van der Waals surface area contributed by atoms with Crippen molar-refractivity contribution in [2.45, 2.75) is 24.8 Å². The zero-order chi connectivity index (χ0) is 21.2. The van der Waals surface area contributed by atoms with Gasteiger partial charge in [0.1, 0.15) is 10.7 Å². The number of nitrogens with one attached hydrogen (secondary N) is 1. The first kappa shape index (κ1) is 19.6. The van der Waals surface area contributed by atoms with Crippen LogP contribution in [-0.4, -0.2) is 43.6 Å². The summed E-state index contributed by atoms with van der Waals surface area (Å²) in [6.45, 7) is 1.47. The van der Waals surface area contributed by atoms with Crippen LogP contribution in [-0.2, 0) is 4.79 Å². The van der Waals surface area contributed by atoms with Crippen LogP contribution in [0.2, 0.25) is 0 Å². The number of hydrogen-bond acceptors (Lipinski definition) is 4. The molecule has 6 nitrogen and oxygen atoms in total. The maximum Gasteiger partial charge on any atom is 0.250 e. The third-order valence-electron chi connectivity index (χ3n) is 6.10. The molecule has 1 saturated heterocycles. The SMILES string of the molecule is O=C(C(c1ccccc1)n1cnc2[nH]ncc2c1=S)N1CCC(c2ccccc2)CC1. The summed E-state index contributed by atoms with van der Waals surface area (Å²) < 4.78 is 2.36. The minimum atomic E-state index is -0.547. The van der Waals surface area contributed by atoms with E-state index in [1.807, 2.05) is 41.3 Å². The molecule has 7 heteroatoms. The molecule has 0 aliphatic carbocycles. The van der Waals surface area contributed by atoms with Crippen LogP contribution in [0, 0.1) is 4.64 Å². The molecule has 0 radical (unpaired) electrons. The second-order valence-electron chi connectivity index (χ2n) is 7.91. The molecule has 1 amide bonds. The Morgan fingerprint density at radius 1 is 1.03 bits per heavy atom. The quantitative estimate of drug-likeness (QED) is 0.486. The summed E-state index contributed by atoms with van der Waals surface area (Å²) in [5, 5.41) is 7.63. The lowest BCUT2D eigenvalue weighted by Gasteiger charge is -2.35. The van der Waals surface area contributed by atoms with Gasteiger partial charge in [0.05, 0.1) is 17.9 Å². The molecule has 1 atom stereocenters. The Hall–Kier alpha value is -3.32. The molecule has 31 heavy (non-hydrogen) atoms. The van der Waals surface area contributed by atoms with Crippen molar-refractivity contribution < 1.29 is 4.79 Å². The van der Waals surface area contributed by atoms with Gasteiger partial charge in [0.15, 0.2) is 5.65 Å². The topological polar surface area (TPSA) is 66.8 Å². The monoisotopic (exact) mass is 429 g/mol. The fourth-order valence-corrected chi connectivity index (χ4v) is 4.72. The van der Waals surface area contributed by atoms with Crippen molar-refractivity contribution in [3.8, 4) is 0 Å². The lowest BCUT2D eigenvalue weighted by atomic mass is 9.89. The van der Waals surface area contributed by atoms with Gasteiger partial charge >= 0.3 is 0 Å². The van der Waals surface area contributed by atoms with E-state index in [2.05, 4.69) is 39.4 Å². The van der Waals surface area contributed by atoms with Crippen LogP contribution >= 0.6 is 12.2 Å². The van der Waals surface area contributed by atoms with Crippen molar-refractivity contribution >= 4 is 29.2 Å². The van der Waals surface area contributed by atoms with E-state index in [9.17, 15) is 4.79 Å². The number of rotatable bonds is 4. The van der Waals surface area contributed by atoms with Gasteiger partial charge in [0, 0.05) is 13.1 Å². The van der Waals surface area contributed by atoms with Crippen LogP contribution in [0.5, 0.6) is 0 Å². The first-order valence-electron chi connectivity index (χ1n) is 10.5. The summed E-state index contributed by atoms with van der Waals surface area (Å²) in [6.07, 6.45) is 5.23. The number of aromatic nitrogens is 4. The van der Waals surface area contributed by atoms with E-state index < -0.39 is 6.04 Å². The lowest BCUT2D eigenvalue weighted by Crippen LogP contribution is -2.42. The first-order chi connectivity index (χ1) is 15.2. The number of amides is 1. The molecular formula is C24H23N5OS. The Bertz CT molecular complexity index is 1240. The van der Waals surface area contributed by atoms with E-state index in [1.54, 1.807) is 17.1 Å². The van der Waals surface area contributed by atoms with Crippen LogP contribution in [0.3, 0.4) is 0 Å². The maximum atomic E-state index is 13.8. The van der Waals surface area contributed by atoms with Gasteiger partial charge in [-0.1, -0.05) is 72.9 Å². The van der Waals surface area contributed by atoms with Crippen molar-refractivity contribution in [3.63, 3.8) is 0 Å². The third-order valence-corrected chi connectivity index (χ3v) is 6.53. The molecule has 0 spiro atoms. The van der Waals surface area contributed by atoms with Crippen molar-refractivity contribution in [1.29, 1.82) is 0 Å². The molecule has 1 N–H and O–H groups in total. The molecular weight excluding hydrogens is 406 g/mol. The van der Waals surface area contributed by atoms with Gasteiger partial charge in [-0.3, -0.25) is 9.89 Å².